The molecule has 1 fully saturated rings. The van der Waals surface area contributed by atoms with E-state index in [2.05, 4.69) is 20.5 Å². The Morgan fingerprint density at radius 2 is 2.08 bits per heavy atom. The van der Waals surface area contributed by atoms with Crippen LogP contribution in [0, 0.1) is 5.82 Å². The van der Waals surface area contributed by atoms with E-state index in [1.807, 2.05) is 0 Å². The van der Waals surface area contributed by atoms with Crippen LogP contribution in [0.15, 0.2) is 54.1 Å². The van der Waals surface area contributed by atoms with E-state index in [1.54, 1.807) is 48.5 Å². The first-order chi connectivity index (χ1) is 19.5. The number of cyclic esters (lactones) is 1. The highest BCUT2D eigenvalue weighted by molar-refractivity contribution is 5.99. The number of pyridine rings is 1. The van der Waals surface area contributed by atoms with Crippen LogP contribution in [0.2, 0.25) is 0 Å². The summed E-state index contributed by atoms with van der Waals surface area (Å²) < 4.78 is 37.0. The lowest BCUT2D eigenvalue weighted by Crippen LogP contribution is -2.26. The van der Waals surface area contributed by atoms with E-state index < -0.39 is 30.3 Å². The molecule has 0 unspecified atom stereocenters. The highest BCUT2D eigenvalue weighted by Crippen LogP contribution is 2.29. The minimum Gasteiger partial charge on any atom is -0.442 e. The second kappa shape index (κ2) is 12.5. The molecule has 0 aliphatic carbocycles. The van der Waals surface area contributed by atoms with Crippen molar-refractivity contribution in [2.24, 2.45) is 5.16 Å². The molecule has 0 spiro atoms. The molecule has 1 amide bonds. The van der Waals surface area contributed by atoms with Crippen LogP contribution in [0.1, 0.15) is 18.5 Å². The van der Waals surface area contributed by atoms with Gasteiger partial charge in [-0.1, -0.05) is 16.4 Å². The molecule has 210 valence electrons. The summed E-state index contributed by atoms with van der Waals surface area (Å²) in [5, 5.41) is 11.6. The van der Waals surface area contributed by atoms with Crippen LogP contribution in [-0.2, 0) is 30.3 Å². The van der Waals surface area contributed by atoms with E-state index in [4.69, 9.17) is 23.8 Å². The number of amides is 1. The van der Waals surface area contributed by atoms with E-state index in [-0.39, 0.29) is 19.8 Å². The van der Waals surface area contributed by atoms with Gasteiger partial charge in [0.15, 0.2) is 6.10 Å². The molecule has 3 aromatic rings. The van der Waals surface area contributed by atoms with Crippen LogP contribution in [0.3, 0.4) is 0 Å². The number of hydrogen-bond donors (Lipinski definition) is 0. The predicted molar refractivity (Wildman–Crippen MR) is 137 cm³/mol. The van der Waals surface area contributed by atoms with E-state index in [0.717, 1.165) is 0 Å². The van der Waals surface area contributed by atoms with Crippen molar-refractivity contribution in [1.82, 2.24) is 20.0 Å². The molecule has 2 aromatic heterocycles. The SMILES string of the molecule is COCCCOC(=O)OC[C@@H]1CC(c2ccc(-c3ccc(N4C[C@H](Cn5ccnn5)OC4=O)cc3F)cn2)=NO1. The summed E-state index contributed by atoms with van der Waals surface area (Å²) in [5.41, 5.74) is 2.41. The maximum Gasteiger partial charge on any atom is 0.508 e. The van der Waals surface area contributed by atoms with Crippen LogP contribution in [0.25, 0.3) is 11.1 Å². The molecule has 2 aliphatic rings. The summed E-state index contributed by atoms with van der Waals surface area (Å²) >= 11 is 0. The first-order valence-electron chi connectivity index (χ1n) is 12.6. The van der Waals surface area contributed by atoms with Gasteiger partial charge in [0.25, 0.3) is 0 Å². The topological polar surface area (TPSA) is 139 Å². The summed E-state index contributed by atoms with van der Waals surface area (Å²) in [4.78, 5) is 35.1. The molecule has 40 heavy (non-hydrogen) atoms. The number of hydrogen-bond acceptors (Lipinski definition) is 11. The second-order valence-electron chi connectivity index (χ2n) is 9.06. The first kappa shape index (κ1) is 27.0. The number of halogens is 1. The third-order valence-electron chi connectivity index (χ3n) is 6.20. The fraction of sp³-hybridized carbons (Fsp3) is 0.385. The number of oxime groups is 1. The molecular weight excluding hydrogens is 527 g/mol. The van der Waals surface area contributed by atoms with Crippen molar-refractivity contribution in [3.63, 3.8) is 0 Å². The minimum atomic E-state index is -0.781. The maximum absolute atomic E-state index is 15.1. The van der Waals surface area contributed by atoms with Crippen LogP contribution in [0.5, 0.6) is 0 Å². The molecule has 1 saturated heterocycles. The first-order valence-corrected chi connectivity index (χ1v) is 12.6. The van der Waals surface area contributed by atoms with Gasteiger partial charge in [0.1, 0.15) is 24.2 Å². The highest BCUT2D eigenvalue weighted by atomic mass is 19.1. The van der Waals surface area contributed by atoms with Crippen molar-refractivity contribution in [2.45, 2.75) is 31.6 Å². The average molecular weight is 555 g/mol. The van der Waals surface area contributed by atoms with Gasteiger partial charge in [0, 0.05) is 50.1 Å². The smallest absolute Gasteiger partial charge is 0.442 e. The normalized spacial score (nSPS) is 18.3. The Morgan fingerprint density at radius 1 is 1.18 bits per heavy atom. The Balaban J connectivity index is 1.14. The number of nitrogens with zero attached hydrogens (tertiary/aromatic N) is 6. The van der Waals surface area contributed by atoms with Crippen molar-refractivity contribution in [2.75, 3.05) is 38.4 Å². The number of methoxy groups -OCH3 is 1. The summed E-state index contributed by atoms with van der Waals surface area (Å²) in [6.45, 7) is 1.29. The summed E-state index contributed by atoms with van der Waals surface area (Å²) in [6, 6.07) is 7.99. The molecule has 13 nitrogen and oxygen atoms in total. The van der Waals surface area contributed by atoms with Crippen LogP contribution < -0.4 is 4.90 Å². The number of ether oxygens (including phenoxy) is 4. The Labute approximate surface area is 228 Å². The maximum atomic E-state index is 15.1. The molecule has 4 heterocycles. The van der Waals surface area contributed by atoms with Gasteiger partial charge in [0.05, 0.1) is 37.3 Å². The van der Waals surface area contributed by atoms with Gasteiger partial charge in [-0.3, -0.25) is 9.88 Å². The molecule has 1 aromatic carbocycles. The number of aromatic nitrogens is 4. The Bertz CT molecular complexity index is 1350. The lowest BCUT2D eigenvalue weighted by molar-refractivity contribution is -0.00328. The molecule has 5 rings (SSSR count). The zero-order chi connectivity index (χ0) is 27.9. The van der Waals surface area contributed by atoms with Gasteiger partial charge in [-0.15, -0.1) is 5.10 Å². The summed E-state index contributed by atoms with van der Waals surface area (Å²) in [6.07, 6.45) is 3.50. The van der Waals surface area contributed by atoms with Gasteiger partial charge in [-0.2, -0.15) is 0 Å². The molecule has 2 aliphatic heterocycles. The van der Waals surface area contributed by atoms with Gasteiger partial charge < -0.3 is 23.8 Å². The zero-order valence-electron chi connectivity index (χ0n) is 21.6. The summed E-state index contributed by atoms with van der Waals surface area (Å²) in [5.74, 6) is -0.507. The third kappa shape index (κ3) is 6.51. The average Bonchev–Trinajstić information content (AvgIpc) is 3.72. The Kier molecular flexibility index (Phi) is 8.44. The van der Waals surface area contributed by atoms with Gasteiger partial charge in [0.2, 0.25) is 0 Å². The number of carbonyl (C=O) groups excluding carboxylic acids is 2. The molecular formula is C26H27FN6O7. The largest absolute Gasteiger partial charge is 0.508 e. The number of anilines is 1. The number of carbonyl (C=O) groups is 2. The minimum absolute atomic E-state index is 0.0164. The summed E-state index contributed by atoms with van der Waals surface area (Å²) in [7, 11) is 1.57. The monoisotopic (exact) mass is 554 g/mol. The van der Waals surface area contributed by atoms with E-state index in [0.29, 0.717) is 54.2 Å². The zero-order valence-corrected chi connectivity index (χ0v) is 21.6. The Hall–Kier alpha value is -4.59. The van der Waals surface area contributed by atoms with Gasteiger partial charge >= 0.3 is 12.2 Å². The fourth-order valence-corrected chi connectivity index (χ4v) is 4.23. The highest BCUT2D eigenvalue weighted by Gasteiger charge is 2.33. The molecule has 14 heteroatoms. The predicted octanol–water partition coefficient (Wildman–Crippen LogP) is 3.19. The molecule has 0 saturated carbocycles. The van der Waals surface area contributed by atoms with Crippen molar-refractivity contribution in [3.8, 4) is 11.1 Å². The van der Waals surface area contributed by atoms with Gasteiger partial charge in [-0.05, 0) is 24.3 Å². The lowest BCUT2D eigenvalue weighted by atomic mass is 10.0. The Morgan fingerprint density at radius 3 is 2.83 bits per heavy atom. The number of benzene rings is 1. The van der Waals surface area contributed by atoms with Crippen molar-refractivity contribution < 1.29 is 37.8 Å². The van der Waals surface area contributed by atoms with Crippen LogP contribution >= 0.6 is 0 Å². The van der Waals surface area contributed by atoms with Crippen LogP contribution in [-0.4, -0.2) is 83.6 Å². The molecule has 0 N–H and O–H groups in total. The quantitative estimate of drug-likeness (QED) is 0.256. The van der Waals surface area contributed by atoms with Crippen LogP contribution in [0.4, 0.5) is 19.7 Å². The number of rotatable bonds is 11. The van der Waals surface area contributed by atoms with Crippen molar-refractivity contribution in [1.29, 1.82) is 0 Å². The van der Waals surface area contributed by atoms with Crippen molar-refractivity contribution >= 4 is 23.6 Å². The molecule has 0 radical (unpaired) electrons. The molecule has 0 bridgehead atoms. The fourth-order valence-electron chi connectivity index (χ4n) is 4.23. The van der Waals surface area contributed by atoms with E-state index >= 15 is 4.39 Å². The van der Waals surface area contributed by atoms with E-state index in [1.165, 1.54) is 17.2 Å². The van der Waals surface area contributed by atoms with Gasteiger partial charge in [-0.25, -0.2) is 18.7 Å². The third-order valence-corrected chi connectivity index (χ3v) is 6.20. The van der Waals surface area contributed by atoms with Crippen molar-refractivity contribution in [3.05, 3.63) is 60.4 Å². The molecule has 2 atom stereocenters. The lowest BCUT2D eigenvalue weighted by Gasteiger charge is -2.14. The second-order valence-corrected chi connectivity index (χ2v) is 9.06. The standard InChI is InChI=1S/C26H27FN6O7/c1-36-9-2-10-37-26(35)38-16-19-12-24(30-40-19)23-6-3-17(13-28-23)21-5-4-18(11-22(21)27)33-15-20(39-25(33)34)14-32-8-7-29-31-32/h3-8,11,13,19-20H,2,9-10,12,14-16H2,1H3/t19-,20-/m0/s1. The van der Waals surface area contributed by atoms with E-state index in [9.17, 15) is 9.59 Å².